The number of methoxy groups -OCH3 is 1. The van der Waals surface area contributed by atoms with E-state index >= 15 is 0 Å². The first-order chi connectivity index (χ1) is 13.1. The Balaban J connectivity index is 1.52. The molecule has 1 aliphatic rings. The van der Waals surface area contributed by atoms with E-state index in [9.17, 15) is 9.59 Å². The van der Waals surface area contributed by atoms with Gasteiger partial charge in [0.15, 0.2) is 0 Å². The van der Waals surface area contributed by atoms with Gasteiger partial charge in [-0.1, -0.05) is 12.1 Å². The van der Waals surface area contributed by atoms with Gasteiger partial charge in [-0.15, -0.1) is 0 Å². The zero-order chi connectivity index (χ0) is 19.2. The highest BCUT2D eigenvalue weighted by atomic mass is 16.5. The third kappa shape index (κ3) is 4.45. The van der Waals surface area contributed by atoms with Crippen LogP contribution in [0.5, 0.6) is 5.75 Å². The molecular formula is C19H24N4O4. The van der Waals surface area contributed by atoms with Crippen LogP contribution in [0.2, 0.25) is 0 Å². The molecule has 0 bridgehead atoms. The maximum Gasteiger partial charge on any atom is 0.242 e. The summed E-state index contributed by atoms with van der Waals surface area (Å²) in [5, 5.41) is 6.79. The predicted molar refractivity (Wildman–Crippen MR) is 98.0 cm³/mol. The standard InChI is InChI=1S/C19H24N4O4/c1-3-15-19(25)20-11-12-23(15)17(24)6-4-5-16-21-18(22-27-16)13-7-9-14(26-2)10-8-13/h7-10,15H,3-6,11-12H2,1-2H3,(H,20,25). The molecule has 1 aromatic carbocycles. The Hall–Kier alpha value is -2.90. The molecular weight excluding hydrogens is 348 g/mol. The minimum absolute atomic E-state index is 0.00778. The number of piperazine rings is 1. The summed E-state index contributed by atoms with van der Waals surface area (Å²) < 4.78 is 10.4. The van der Waals surface area contributed by atoms with Crippen LogP contribution in [-0.2, 0) is 16.0 Å². The van der Waals surface area contributed by atoms with Gasteiger partial charge in [-0.25, -0.2) is 0 Å². The average molecular weight is 372 g/mol. The lowest BCUT2D eigenvalue weighted by Crippen LogP contribution is -2.56. The van der Waals surface area contributed by atoms with Crippen LogP contribution < -0.4 is 10.1 Å². The minimum atomic E-state index is -0.365. The van der Waals surface area contributed by atoms with Crippen molar-refractivity contribution in [1.82, 2.24) is 20.4 Å². The molecule has 1 aliphatic heterocycles. The number of ether oxygens (including phenoxy) is 1. The van der Waals surface area contributed by atoms with E-state index in [0.29, 0.717) is 50.5 Å². The first kappa shape index (κ1) is 18.9. The number of rotatable bonds is 7. The number of carbonyl (C=O) groups excluding carboxylic acids is 2. The van der Waals surface area contributed by atoms with Gasteiger partial charge in [-0.3, -0.25) is 9.59 Å². The van der Waals surface area contributed by atoms with E-state index in [1.54, 1.807) is 12.0 Å². The molecule has 3 rings (SSSR count). The molecule has 1 atom stereocenters. The molecule has 0 saturated carbocycles. The van der Waals surface area contributed by atoms with Gasteiger partial charge in [0.25, 0.3) is 0 Å². The molecule has 8 nitrogen and oxygen atoms in total. The third-order valence-corrected chi connectivity index (χ3v) is 4.64. The molecule has 1 fully saturated rings. The van der Waals surface area contributed by atoms with Crippen molar-refractivity contribution in [2.75, 3.05) is 20.2 Å². The van der Waals surface area contributed by atoms with E-state index in [4.69, 9.17) is 9.26 Å². The van der Waals surface area contributed by atoms with E-state index in [2.05, 4.69) is 15.5 Å². The Morgan fingerprint density at radius 3 is 2.85 bits per heavy atom. The summed E-state index contributed by atoms with van der Waals surface area (Å²) in [6.07, 6.45) is 2.08. The van der Waals surface area contributed by atoms with Crippen molar-refractivity contribution in [2.45, 2.75) is 38.6 Å². The fourth-order valence-electron chi connectivity index (χ4n) is 3.17. The van der Waals surface area contributed by atoms with E-state index in [1.165, 1.54) is 0 Å². The summed E-state index contributed by atoms with van der Waals surface area (Å²) in [4.78, 5) is 30.4. The van der Waals surface area contributed by atoms with E-state index in [-0.39, 0.29) is 17.9 Å². The van der Waals surface area contributed by atoms with Crippen molar-refractivity contribution in [3.8, 4) is 17.1 Å². The molecule has 0 spiro atoms. The number of benzene rings is 1. The number of nitrogens with zero attached hydrogens (tertiary/aromatic N) is 3. The number of carbonyl (C=O) groups is 2. The second-order valence-corrected chi connectivity index (χ2v) is 6.40. The predicted octanol–water partition coefficient (Wildman–Crippen LogP) is 1.80. The number of nitrogens with one attached hydrogen (secondary N) is 1. The molecule has 0 aliphatic carbocycles. The Labute approximate surface area is 157 Å². The molecule has 27 heavy (non-hydrogen) atoms. The zero-order valence-corrected chi connectivity index (χ0v) is 15.6. The summed E-state index contributed by atoms with van der Waals surface area (Å²) in [7, 11) is 1.61. The maximum atomic E-state index is 12.5. The maximum absolute atomic E-state index is 12.5. The highest BCUT2D eigenvalue weighted by Gasteiger charge is 2.31. The average Bonchev–Trinajstić information content (AvgIpc) is 3.16. The zero-order valence-electron chi connectivity index (χ0n) is 15.6. The topological polar surface area (TPSA) is 97.6 Å². The molecule has 2 amide bonds. The molecule has 0 radical (unpaired) electrons. The molecule has 8 heteroatoms. The van der Waals surface area contributed by atoms with Crippen LogP contribution in [-0.4, -0.2) is 53.1 Å². The fourth-order valence-corrected chi connectivity index (χ4v) is 3.17. The number of hydrogen-bond acceptors (Lipinski definition) is 6. The first-order valence-electron chi connectivity index (χ1n) is 9.16. The van der Waals surface area contributed by atoms with Gasteiger partial charge in [0, 0.05) is 31.5 Å². The summed E-state index contributed by atoms with van der Waals surface area (Å²) in [6.45, 7) is 2.98. The second-order valence-electron chi connectivity index (χ2n) is 6.40. The van der Waals surface area contributed by atoms with Gasteiger partial charge in [-0.05, 0) is 37.1 Å². The van der Waals surface area contributed by atoms with Gasteiger partial charge in [-0.2, -0.15) is 4.98 Å². The third-order valence-electron chi connectivity index (χ3n) is 4.64. The number of aryl methyl sites for hydroxylation is 1. The summed E-state index contributed by atoms with van der Waals surface area (Å²) in [5.41, 5.74) is 0.840. The van der Waals surface area contributed by atoms with Crippen molar-refractivity contribution in [3.05, 3.63) is 30.2 Å². The van der Waals surface area contributed by atoms with Gasteiger partial charge in [0.05, 0.1) is 7.11 Å². The highest BCUT2D eigenvalue weighted by Crippen LogP contribution is 2.20. The second kappa shape index (κ2) is 8.66. The quantitative estimate of drug-likeness (QED) is 0.796. The molecule has 1 unspecified atom stereocenters. The lowest BCUT2D eigenvalue weighted by molar-refractivity contribution is -0.143. The summed E-state index contributed by atoms with van der Waals surface area (Å²) in [5.74, 6) is 1.69. The lowest BCUT2D eigenvalue weighted by Gasteiger charge is -2.34. The van der Waals surface area contributed by atoms with E-state index in [1.807, 2.05) is 31.2 Å². The highest BCUT2D eigenvalue weighted by molar-refractivity contribution is 5.88. The van der Waals surface area contributed by atoms with Gasteiger partial charge in [0.2, 0.25) is 23.5 Å². The first-order valence-corrected chi connectivity index (χ1v) is 9.16. The lowest BCUT2D eigenvalue weighted by atomic mass is 10.1. The van der Waals surface area contributed by atoms with E-state index < -0.39 is 0 Å². The van der Waals surface area contributed by atoms with Crippen LogP contribution in [0.15, 0.2) is 28.8 Å². The van der Waals surface area contributed by atoms with Gasteiger partial charge in [0.1, 0.15) is 11.8 Å². The van der Waals surface area contributed by atoms with Crippen LogP contribution in [0.3, 0.4) is 0 Å². The molecule has 1 N–H and O–H groups in total. The normalized spacial score (nSPS) is 16.9. The number of amides is 2. The molecule has 1 saturated heterocycles. The molecule has 1 aromatic heterocycles. The van der Waals surface area contributed by atoms with Crippen molar-refractivity contribution in [3.63, 3.8) is 0 Å². The Morgan fingerprint density at radius 2 is 2.15 bits per heavy atom. The van der Waals surface area contributed by atoms with Crippen molar-refractivity contribution in [2.24, 2.45) is 0 Å². The molecule has 2 heterocycles. The molecule has 2 aromatic rings. The molecule has 144 valence electrons. The van der Waals surface area contributed by atoms with Gasteiger partial charge < -0.3 is 19.5 Å². The number of aromatic nitrogens is 2. The monoisotopic (exact) mass is 372 g/mol. The van der Waals surface area contributed by atoms with Gasteiger partial charge >= 0.3 is 0 Å². The van der Waals surface area contributed by atoms with Crippen LogP contribution in [0.25, 0.3) is 11.4 Å². The van der Waals surface area contributed by atoms with Crippen LogP contribution in [0.4, 0.5) is 0 Å². The van der Waals surface area contributed by atoms with Crippen LogP contribution in [0, 0.1) is 0 Å². The number of hydrogen-bond donors (Lipinski definition) is 1. The minimum Gasteiger partial charge on any atom is -0.497 e. The van der Waals surface area contributed by atoms with E-state index in [0.717, 1.165) is 11.3 Å². The van der Waals surface area contributed by atoms with Crippen LogP contribution in [0.1, 0.15) is 32.1 Å². The smallest absolute Gasteiger partial charge is 0.242 e. The SMILES string of the molecule is CCC1C(=O)NCCN1C(=O)CCCc1nc(-c2ccc(OC)cc2)no1. The largest absolute Gasteiger partial charge is 0.497 e. The Morgan fingerprint density at radius 1 is 1.37 bits per heavy atom. The fraction of sp³-hybridized carbons (Fsp3) is 0.474. The van der Waals surface area contributed by atoms with Crippen LogP contribution >= 0.6 is 0 Å². The van der Waals surface area contributed by atoms with Crippen molar-refractivity contribution >= 4 is 11.8 Å². The summed E-state index contributed by atoms with van der Waals surface area (Å²) in [6, 6.07) is 7.04. The summed E-state index contributed by atoms with van der Waals surface area (Å²) >= 11 is 0. The Kier molecular flexibility index (Phi) is 6.05. The Bertz CT molecular complexity index is 787. The van der Waals surface area contributed by atoms with Crippen molar-refractivity contribution in [1.29, 1.82) is 0 Å². The van der Waals surface area contributed by atoms with Crippen molar-refractivity contribution < 1.29 is 18.8 Å².